The van der Waals surface area contributed by atoms with Gasteiger partial charge in [-0.05, 0) is 33.8 Å². The van der Waals surface area contributed by atoms with Crippen LogP contribution in [0, 0.1) is 0 Å². The van der Waals surface area contributed by atoms with Crippen LogP contribution in [-0.4, -0.2) is 16.2 Å². The minimum Gasteiger partial charge on any atom is -0.368 e. The van der Waals surface area contributed by atoms with E-state index in [1.54, 1.807) is 18.0 Å². The van der Waals surface area contributed by atoms with Gasteiger partial charge in [0.15, 0.2) is 0 Å². The molecule has 1 aromatic heterocycles. The van der Waals surface area contributed by atoms with Crippen LogP contribution >= 0.6 is 27.7 Å². The highest BCUT2D eigenvalue weighted by Gasteiger charge is 2.04. The van der Waals surface area contributed by atoms with Crippen LogP contribution in [0.15, 0.2) is 41.0 Å². The maximum absolute atomic E-state index is 5.60. The summed E-state index contributed by atoms with van der Waals surface area (Å²) in [7, 11) is 0. The molecule has 0 fully saturated rings. The minimum atomic E-state index is 0.276. The summed E-state index contributed by atoms with van der Waals surface area (Å²) in [5.41, 5.74) is 7.55. The normalized spacial score (nSPS) is 11.6. The second kappa shape index (κ2) is 6.02. The van der Waals surface area contributed by atoms with Gasteiger partial charge in [-0.2, -0.15) is 0 Å². The van der Waals surface area contributed by atoms with E-state index in [0.717, 1.165) is 20.6 Å². The van der Waals surface area contributed by atoms with Crippen LogP contribution in [0.3, 0.4) is 0 Å². The van der Waals surface area contributed by atoms with Gasteiger partial charge < -0.3 is 5.73 Å². The zero-order valence-corrected chi connectivity index (χ0v) is 12.2. The molecule has 5 heteroatoms. The van der Waals surface area contributed by atoms with E-state index in [4.69, 9.17) is 5.73 Å². The molecule has 2 rings (SSSR count). The van der Waals surface area contributed by atoms with Crippen LogP contribution < -0.4 is 5.73 Å². The summed E-state index contributed by atoms with van der Waals surface area (Å²) in [5.74, 6) is 0.276. The van der Waals surface area contributed by atoms with Crippen LogP contribution in [0.2, 0.25) is 0 Å². The molecule has 0 saturated carbocycles. The van der Waals surface area contributed by atoms with E-state index in [1.807, 2.05) is 30.5 Å². The van der Waals surface area contributed by atoms with Crippen molar-refractivity contribution in [3.63, 3.8) is 0 Å². The first kappa shape index (κ1) is 13.1. The van der Waals surface area contributed by atoms with Crippen molar-refractivity contribution in [2.75, 3.05) is 12.0 Å². The number of nitrogen functional groups attached to an aromatic ring is 1. The topological polar surface area (TPSA) is 51.8 Å². The Bertz CT molecular complexity index is 570. The Morgan fingerprint density at radius 1 is 1.33 bits per heavy atom. The highest BCUT2D eigenvalue weighted by atomic mass is 79.9. The van der Waals surface area contributed by atoms with E-state index in [2.05, 4.69) is 38.0 Å². The van der Waals surface area contributed by atoms with Gasteiger partial charge in [0.05, 0.1) is 10.2 Å². The molecule has 1 aromatic carbocycles. The van der Waals surface area contributed by atoms with Crippen molar-refractivity contribution in [2.24, 2.45) is 0 Å². The van der Waals surface area contributed by atoms with Crippen LogP contribution in [0.5, 0.6) is 0 Å². The number of nitrogens with two attached hydrogens (primary N) is 1. The molecule has 2 N–H and O–H groups in total. The van der Waals surface area contributed by atoms with E-state index in [0.29, 0.717) is 0 Å². The first-order valence-corrected chi connectivity index (χ1v) is 7.31. The van der Waals surface area contributed by atoms with Gasteiger partial charge in [-0.15, -0.1) is 11.8 Å². The molecule has 0 unspecified atom stereocenters. The average molecular weight is 322 g/mol. The molecule has 0 amide bonds. The summed E-state index contributed by atoms with van der Waals surface area (Å²) in [6, 6.07) is 10.2. The molecule has 18 heavy (non-hydrogen) atoms. The number of hydrogen-bond donors (Lipinski definition) is 1. The molecule has 0 aliphatic rings. The van der Waals surface area contributed by atoms with Crippen LogP contribution in [0.25, 0.3) is 11.0 Å². The van der Waals surface area contributed by atoms with E-state index in [-0.39, 0.29) is 5.95 Å². The zero-order valence-electron chi connectivity index (χ0n) is 9.80. The number of nitrogens with zero attached hydrogens (tertiary/aromatic N) is 2. The number of benzene rings is 1. The third kappa shape index (κ3) is 3.11. The Kier molecular flexibility index (Phi) is 4.38. The highest BCUT2D eigenvalue weighted by molar-refractivity contribution is 9.10. The van der Waals surface area contributed by atoms with Crippen LogP contribution in [0.1, 0.15) is 11.3 Å². The Labute approximate surface area is 119 Å². The second-order valence-electron chi connectivity index (χ2n) is 3.54. The SMILES string of the molecule is CS/C(=C\c1nc(N)ncc1Br)c1ccccc1. The van der Waals surface area contributed by atoms with E-state index >= 15 is 0 Å². The fraction of sp³-hybridized carbons (Fsp3) is 0.0769. The molecule has 0 atom stereocenters. The quantitative estimate of drug-likeness (QED) is 0.936. The second-order valence-corrected chi connectivity index (χ2v) is 5.24. The van der Waals surface area contributed by atoms with Gasteiger partial charge in [0.25, 0.3) is 0 Å². The molecule has 0 saturated heterocycles. The lowest BCUT2D eigenvalue weighted by molar-refractivity contribution is 1.15. The standard InChI is InChI=1S/C13H12BrN3S/c1-18-12(9-5-3-2-4-6-9)7-11-10(14)8-16-13(15)17-11/h2-8H,1H3,(H2,15,16,17)/b12-7-. The van der Waals surface area contributed by atoms with Crippen molar-refractivity contribution in [2.45, 2.75) is 0 Å². The summed E-state index contributed by atoms with van der Waals surface area (Å²) in [6.07, 6.45) is 5.70. The van der Waals surface area contributed by atoms with E-state index in [1.165, 1.54) is 0 Å². The number of anilines is 1. The molecular weight excluding hydrogens is 310 g/mol. The molecule has 0 radical (unpaired) electrons. The lowest BCUT2D eigenvalue weighted by atomic mass is 10.2. The predicted octanol–water partition coefficient (Wildman–Crippen LogP) is 3.68. The van der Waals surface area contributed by atoms with Crippen molar-refractivity contribution in [1.29, 1.82) is 0 Å². The van der Waals surface area contributed by atoms with Crippen molar-refractivity contribution < 1.29 is 0 Å². The Morgan fingerprint density at radius 2 is 2.06 bits per heavy atom. The Morgan fingerprint density at radius 3 is 2.72 bits per heavy atom. The van der Waals surface area contributed by atoms with Crippen molar-refractivity contribution in [1.82, 2.24) is 9.97 Å². The fourth-order valence-electron chi connectivity index (χ4n) is 1.48. The van der Waals surface area contributed by atoms with Gasteiger partial charge in [-0.25, -0.2) is 9.97 Å². The maximum atomic E-state index is 5.60. The van der Waals surface area contributed by atoms with Crippen LogP contribution in [-0.2, 0) is 0 Å². The predicted molar refractivity (Wildman–Crippen MR) is 82.0 cm³/mol. The van der Waals surface area contributed by atoms with Gasteiger partial charge in [-0.3, -0.25) is 0 Å². The molecule has 0 aliphatic carbocycles. The van der Waals surface area contributed by atoms with Crippen molar-refractivity contribution >= 4 is 44.6 Å². The summed E-state index contributed by atoms with van der Waals surface area (Å²) in [6.45, 7) is 0. The summed E-state index contributed by atoms with van der Waals surface area (Å²) < 4.78 is 0.833. The summed E-state index contributed by atoms with van der Waals surface area (Å²) in [5, 5.41) is 0. The Hall–Kier alpha value is -1.33. The number of thioether (sulfide) groups is 1. The number of halogens is 1. The molecule has 1 heterocycles. The fourth-order valence-corrected chi connectivity index (χ4v) is 2.39. The van der Waals surface area contributed by atoms with E-state index < -0.39 is 0 Å². The van der Waals surface area contributed by atoms with Gasteiger partial charge in [0, 0.05) is 11.1 Å². The van der Waals surface area contributed by atoms with Crippen molar-refractivity contribution in [3.05, 3.63) is 52.3 Å². The molecule has 0 bridgehead atoms. The first-order chi connectivity index (χ1) is 8.70. The molecule has 2 aromatic rings. The minimum absolute atomic E-state index is 0.276. The maximum Gasteiger partial charge on any atom is 0.220 e. The third-order valence-corrected chi connectivity index (χ3v) is 3.74. The lowest BCUT2D eigenvalue weighted by Crippen LogP contribution is -1.96. The van der Waals surface area contributed by atoms with Crippen molar-refractivity contribution in [3.8, 4) is 0 Å². The van der Waals surface area contributed by atoms with Gasteiger partial charge in [0.1, 0.15) is 0 Å². The van der Waals surface area contributed by atoms with Gasteiger partial charge >= 0.3 is 0 Å². The molecule has 0 aliphatic heterocycles. The molecule has 0 spiro atoms. The summed E-state index contributed by atoms with van der Waals surface area (Å²) >= 11 is 5.10. The lowest BCUT2D eigenvalue weighted by Gasteiger charge is -2.05. The monoisotopic (exact) mass is 321 g/mol. The van der Waals surface area contributed by atoms with Crippen LogP contribution in [0.4, 0.5) is 5.95 Å². The number of hydrogen-bond acceptors (Lipinski definition) is 4. The van der Waals surface area contributed by atoms with Gasteiger partial charge in [0.2, 0.25) is 5.95 Å². The summed E-state index contributed by atoms with van der Waals surface area (Å²) in [4.78, 5) is 9.28. The smallest absolute Gasteiger partial charge is 0.220 e. The molecular formula is C13H12BrN3S. The molecule has 3 nitrogen and oxygen atoms in total. The molecule has 92 valence electrons. The first-order valence-electron chi connectivity index (χ1n) is 5.30. The average Bonchev–Trinajstić information content (AvgIpc) is 2.41. The van der Waals surface area contributed by atoms with Gasteiger partial charge in [-0.1, -0.05) is 30.3 Å². The largest absolute Gasteiger partial charge is 0.368 e. The van der Waals surface area contributed by atoms with E-state index in [9.17, 15) is 0 Å². The highest BCUT2D eigenvalue weighted by Crippen LogP contribution is 2.29. The number of rotatable bonds is 3. The number of aromatic nitrogens is 2. The zero-order chi connectivity index (χ0) is 13.0. The third-order valence-electron chi connectivity index (χ3n) is 2.34. The Balaban J connectivity index is 2.44.